The zero-order valence-corrected chi connectivity index (χ0v) is 9.79. The van der Waals surface area contributed by atoms with Gasteiger partial charge in [-0.1, -0.05) is 0 Å². The van der Waals surface area contributed by atoms with Crippen molar-refractivity contribution in [2.45, 2.75) is 37.1 Å². The first-order valence-electron chi connectivity index (χ1n) is 5.51. The molecule has 0 aliphatic carbocycles. The predicted octanol–water partition coefficient (Wildman–Crippen LogP) is 2.19. The summed E-state index contributed by atoms with van der Waals surface area (Å²) < 4.78 is 42.0. The minimum atomic E-state index is -4.12. The van der Waals surface area contributed by atoms with E-state index in [0.29, 0.717) is 13.0 Å². The van der Waals surface area contributed by atoms with E-state index >= 15 is 0 Å². The van der Waals surface area contributed by atoms with Gasteiger partial charge in [-0.15, -0.1) is 0 Å². The Morgan fingerprint density at radius 2 is 2.25 bits per heavy atom. The molecule has 1 spiro atoms. The van der Waals surface area contributed by atoms with Crippen LogP contribution in [0, 0.1) is 0 Å². The summed E-state index contributed by atoms with van der Waals surface area (Å²) in [5.41, 5.74) is -0.147. The van der Waals surface area contributed by atoms with Gasteiger partial charge in [-0.05, 0) is 25.0 Å². The van der Waals surface area contributed by atoms with Crippen molar-refractivity contribution in [1.82, 2.24) is 5.32 Å². The maximum absolute atomic E-state index is 12.1. The van der Waals surface area contributed by atoms with Crippen LogP contribution in [0.4, 0.5) is 13.2 Å². The Hall–Kier alpha value is 0.0600. The number of alkyl halides is 3. The molecule has 0 aromatic carbocycles. The normalized spacial score (nSPS) is 35.8. The van der Waals surface area contributed by atoms with Gasteiger partial charge in [-0.2, -0.15) is 24.9 Å². The van der Waals surface area contributed by atoms with E-state index in [4.69, 9.17) is 4.74 Å². The van der Waals surface area contributed by atoms with Gasteiger partial charge in [0.05, 0.1) is 12.1 Å². The van der Waals surface area contributed by atoms with Gasteiger partial charge in [-0.25, -0.2) is 0 Å². The fourth-order valence-electron chi connectivity index (χ4n) is 2.33. The summed E-state index contributed by atoms with van der Waals surface area (Å²) in [5.74, 6) is 1.99. The number of hydrogen-bond acceptors (Lipinski definition) is 3. The highest BCUT2D eigenvalue weighted by Crippen LogP contribution is 2.38. The SMILES string of the molecule is FC(F)(F)CNC1CCOC2(CCSC2)C1. The second-order valence-corrected chi connectivity index (χ2v) is 5.63. The highest BCUT2D eigenvalue weighted by atomic mass is 32.2. The largest absolute Gasteiger partial charge is 0.401 e. The number of ether oxygens (including phenoxy) is 1. The van der Waals surface area contributed by atoms with Crippen LogP contribution in [0.25, 0.3) is 0 Å². The van der Waals surface area contributed by atoms with Crippen LogP contribution < -0.4 is 5.32 Å². The van der Waals surface area contributed by atoms with Gasteiger partial charge in [0.2, 0.25) is 0 Å². The quantitative estimate of drug-likeness (QED) is 0.817. The van der Waals surface area contributed by atoms with Gasteiger partial charge in [0, 0.05) is 18.4 Å². The van der Waals surface area contributed by atoms with Gasteiger partial charge in [0.1, 0.15) is 0 Å². The van der Waals surface area contributed by atoms with Crippen molar-refractivity contribution < 1.29 is 17.9 Å². The van der Waals surface area contributed by atoms with E-state index < -0.39 is 12.7 Å². The fraction of sp³-hybridized carbons (Fsp3) is 1.00. The molecule has 94 valence electrons. The van der Waals surface area contributed by atoms with Gasteiger partial charge in [0.15, 0.2) is 0 Å². The third-order valence-corrected chi connectivity index (χ3v) is 4.37. The molecule has 2 fully saturated rings. The molecule has 2 heterocycles. The predicted molar refractivity (Wildman–Crippen MR) is 57.7 cm³/mol. The summed E-state index contributed by atoms with van der Waals surface area (Å²) in [6.45, 7) is -0.309. The number of halogens is 3. The Kier molecular flexibility index (Phi) is 3.71. The van der Waals surface area contributed by atoms with Crippen LogP contribution in [-0.4, -0.2) is 42.5 Å². The van der Waals surface area contributed by atoms with E-state index in [1.165, 1.54) is 0 Å². The molecule has 0 amide bonds. The lowest BCUT2D eigenvalue weighted by molar-refractivity contribution is -0.131. The highest BCUT2D eigenvalue weighted by molar-refractivity contribution is 7.99. The molecule has 0 radical (unpaired) electrons. The van der Waals surface area contributed by atoms with Gasteiger partial charge >= 0.3 is 6.18 Å². The topological polar surface area (TPSA) is 21.3 Å². The second-order valence-electron chi connectivity index (χ2n) is 4.52. The zero-order valence-electron chi connectivity index (χ0n) is 8.98. The minimum absolute atomic E-state index is 0.0472. The van der Waals surface area contributed by atoms with E-state index in [1.807, 2.05) is 11.8 Å². The second kappa shape index (κ2) is 4.74. The first-order chi connectivity index (χ1) is 7.49. The Labute approximate surface area is 97.3 Å². The van der Waals surface area contributed by atoms with E-state index in [-0.39, 0.29) is 11.6 Å². The molecule has 2 saturated heterocycles. The average Bonchev–Trinajstić information content (AvgIpc) is 2.63. The summed E-state index contributed by atoms with van der Waals surface area (Å²) in [4.78, 5) is 0. The average molecular weight is 255 g/mol. The summed E-state index contributed by atoms with van der Waals surface area (Å²) in [5, 5.41) is 2.60. The molecule has 1 N–H and O–H groups in total. The Bertz CT molecular complexity index is 241. The summed E-state index contributed by atoms with van der Waals surface area (Å²) >= 11 is 1.83. The smallest absolute Gasteiger partial charge is 0.374 e. The lowest BCUT2D eigenvalue weighted by Crippen LogP contribution is -2.49. The zero-order chi connectivity index (χ0) is 11.6. The molecule has 0 aromatic rings. The lowest BCUT2D eigenvalue weighted by Gasteiger charge is -2.38. The number of rotatable bonds is 2. The first kappa shape index (κ1) is 12.5. The standard InChI is InChI=1S/C10H16F3NOS/c11-10(12,13)6-14-8-1-3-15-9(5-8)2-4-16-7-9/h8,14H,1-7H2. The van der Waals surface area contributed by atoms with Crippen LogP contribution in [0.5, 0.6) is 0 Å². The third-order valence-electron chi connectivity index (χ3n) is 3.15. The molecule has 2 atom stereocenters. The Morgan fingerprint density at radius 3 is 2.88 bits per heavy atom. The van der Waals surface area contributed by atoms with E-state index in [2.05, 4.69) is 5.32 Å². The monoisotopic (exact) mass is 255 g/mol. The van der Waals surface area contributed by atoms with E-state index in [1.54, 1.807) is 0 Å². The van der Waals surface area contributed by atoms with E-state index in [0.717, 1.165) is 24.3 Å². The van der Waals surface area contributed by atoms with Crippen LogP contribution in [0.15, 0.2) is 0 Å². The molecular formula is C10H16F3NOS. The van der Waals surface area contributed by atoms with Crippen LogP contribution in [0.3, 0.4) is 0 Å². The maximum atomic E-state index is 12.1. The van der Waals surface area contributed by atoms with Crippen molar-refractivity contribution >= 4 is 11.8 Å². The number of nitrogens with one attached hydrogen (secondary N) is 1. The molecule has 16 heavy (non-hydrogen) atoms. The van der Waals surface area contributed by atoms with Gasteiger partial charge in [-0.3, -0.25) is 0 Å². The van der Waals surface area contributed by atoms with Crippen molar-refractivity contribution in [2.75, 3.05) is 24.7 Å². The van der Waals surface area contributed by atoms with Crippen molar-refractivity contribution in [3.05, 3.63) is 0 Å². The van der Waals surface area contributed by atoms with Crippen molar-refractivity contribution in [3.63, 3.8) is 0 Å². The van der Waals surface area contributed by atoms with Gasteiger partial charge in [0.25, 0.3) is 0 Å². The third kappa shape index (κ3) is 3.28. The molecular weight excluding hydrogens is 239 g/mol. The van der Waals surface area contributed by atoms with Crippen molar-refractivity contribution in [1.29, 1.82) is 0 Å². The van der Waals surface area contributed by atoms with Crippen LogP contribution in [0.2, 0.25) is 0 Å². The molecule has 0 saturated carbocycles. The molecule has 2 rings (SSSR count). The van der Waals surface area contributed by atoms with Crippen LogP contribution in [-0.2, 0) is 4.74 Å². The fourth-order valence-corrected chi connectivity index (χ4v) is 3.70. The number of hydrogen-bond donors (Lipinski definition) is 1. The summed E-state index contributed by atoms with van der Waals surface area (Å²) in [6.07, 6.45) is -1.74. The lowest BCUT2D eigenvalue weighted by atomic mass is 9.90. The summed E-state index contributed by atoms with van der Waals surface area (Å²) in [7, 11) is 0. The Balaban J connectivity index is 1.82. The highest BCUT2D eigenvalue weighted by Gasteiger charge is 2.41. The Morgan fingerprint density at radius 1 is 1.44 bits per heavy atom. The number of thioether (sulfide) groups is 1. The maximum Gasteiger partial charge on any atom is 0.401 e. The molecule has 2 aliphatic rings. The molecule has 0 aromatic heterocycles. The minimum Gasteiger partial charge on any atom is -0.374 e. The van der Waals surface area contributed by atoms with Crippen molar-refractivity contribution in [3.8, 4) is 0 Å². The molecule has 0 bridgehead atoms. The molecule has 2 unspecified atom stereocenters. The molecule has 2 aliphatic heterocycles. The van der Waals surface area contributed by atoms with Gasteiger partial charge < -0.3 is 10.1 Å². The molecule has 6 heteroatoms. The first-order valence-corrected chi connectivity index (χ1v) is 6.66. The van der Waals surface area contributed by atoms with Crippen LogP contribution in [0.1, 0.15) is 19.3 Å². The summed E-state index contributed by atoms with van der Waals surface area (Å²) in [6, 6.07) is -0.0472. The van der Waals surface area contributed by atoms with Crippen molar-refractivity contribution in [2.24, 2.45) is 0 Å². The molecule has 2 nitrogen and oxygen atoms in total. The van der Waals surface area contributed by atoms with Crippen LogP contribution >= 0.6 is 11.8 Å². The van der Waals surface area contributed by atoms with E-state index in [9.17, 15) is 13.2 Å².